The number of anilines is 1. The molecule has 29 heavy (non-hydrogen) atoms. The summed E-state index contributed by atoms with van der Waals surface area (Å²) >= 11 is 0. The molecule has 0 bridgehead atoms. The number of ether oxygens (including phenoxy) is 2. The number of carbonyl (C=O) groups excluding carboxylic acids is 3. The smallest absolute Gasteiger partial charge is 0.325 e. The van der Waals surface area contributed by atoms with Crippen LogP contribution in [-0.4, -0.2) is 42.6 Å². The van der Waals surface area contributed by atoms with Crippen molar-refractivity contribution in [3.63, 3.8) is 0 Å². The molecule has 2 heterocycles. The maximum atomic E-state index is 13.1. The lowest BCUT2D eigenvalue weighted by molar-refractivity contribution is -0.134. The van der Waals surface area contributed by atoms with Crippen LogP contribution in [0, 0.1) is 0 Å². The zero-order valence-electron chi connectivity index (χ0n) is 16.2. The molecule has 2 aliphatic rings. The number of likely N-dealkylation sites (N-methyl/N-ethyl adjacent to an activating group) is 1. The minimum atomic E-state index is -1.29. The van der Waals surface area contributed by atoms with Gasteiger partial charge < -0.3 is 19.7 Å². The Morgan fingerprint density at radius 1 is 1.14 bits per heavy atom. The normalized spacial score (nSPS) is 20.0. The SMILES string of the molecule is CCN(C(=O)CN1C(=O)N[C@](C)(c2ccc3c(c2)OCO3)C1=O)c1ccccc1. The van der Waals surface area contributed by atoms with E-state index in [1.54, 1.807) is 25.1 Å². The molecule has 4 rings (SSSR count). The zero-order chi connectivity index (χ0) is 20.6. The van der Waals surface area contributed by atoms with Gasteiger partial charge in [-0.05, 0) is 43.7 Å². The third-order valence-corrected chi connectivity index (χ3v) is 5.20. The van der Waals surface area contributed by atoms with Gasteiger partial charge in [-0.2, -0.15) is 0 Å². The van der Waals surface area contributed by atoms with Crippen molar-refractivity contribution < 1.29 is 23.9 Å². The molecule has 150 valence electrons. The van der Waals surface area contributed by atoms with E-state index in [0.717, 1.165) is 4.90 Å². The molecule has 0 aliphatic carbocycles. The summed E-state index contributed by atoms with van der Waals surface area (Å²) in [6.07, 6.45) is 0. The summed E-state index contributed by atoms with van der Waals surface area (Å²) in [4.78, 5) is 41.0. The summed E-state index contributed by atoms with van der Waals surface area (Å²) < 4.78 is 10.7. The topological polar surface area (TPSA) is 88.2 Å². The summed E-state index contributed by atoms with van der Waals surface area (Å²) in [6.45, 7) is 3.65. The van der Waals surface area contributed by atoms with E-state index in [4.69, 9.17) is 9.47 Å². The Labute approximate surface area is 168 Å². The van der Waals surface area contributed by atoms with Crippen molar-refractivity contribution in [2.75, 3.05) is 24.8 Å². The van der Waals surface area contributed by atoms with Gasteiger partial charge >= 0.3 is 6.03 Å². The van der Waals surface area contributed by atoms with Crippen LogP contribution in [0.15, 0.2) is 48.5 Å². The van der Waals surface area contributed by atoms with Crippen molar-refractivity contribution in [1.29, 1.82) is 0 Å². The molecule has 0 aromatic heterocycles. The molecule has 1 atom stereocenters. The van der Waals surface area contributed by atoms with Crippen LogP contribution in [0.3, 0.4) is 0 Å². The molecule has 1 saturated heterocycles. The molecule has 0 unspecified atom stereocenters. The number of urea groups is 1. The average Bonchev–Trinajstić information content (AvgIpc) is 3.28. The van der Waals surface area contributed by atoms with Crippen molar-refractivity contribution in [1.82, 2.24) is 10.2 Å². The molecule has 2 aromatic rings. The minimum Gasteiger partial charge on any atom is -0.454 e. The molecule has 0 spiro atoms. The molecule has 0 saturated carbocycles. The first kappa shape index (κ1) is 18.8. The van der Waals surface area contributed by atoms with Crippen LogP contribution in [0.4, 0.5) is 10.5 Å². The van der Waals surface area contributed by atoms with Crippen LogP contribution >= 0.6 is 0 Å². The van der Waals surface area contributed by atoms with Crippen LogP contribution in [-0.2, 0) is 15.1 Å². The van der Waals surface area contributed by atoms with E-state index in [1.807, 2.05) is 37.3 Å². The second-order valence-electron chi connectivity index (χ2n) is 6.99. The number of fused-ring (bicyclic) bond motifs is 1. The number of para-hydroxylation sites is 1. The molecule has 1 N–H and O–H groups in total. The number of rotatable bonds is 5. The monoisotopic (exact) mass is 395 g/mol. The van der Waals surface area contributed by atoms with E-state index in [1.165, 1.54) is 4.90 Å². The summed E-state index contributed by atoms with van der Waals surface area (Å²) in [5.41, 5.74) is -0.0154. The number of nitrogens with zero attached hydrogens (tertiary/aromatic N) is 2. The first-order valence-electron chi connectivity index (χ1n) is 9.33. The van der Waals surface area contributed by atoms with E-state index in [2.05, 4.69) is 5.32 Å². The second kappa shape index (κ2) is 7.12. The molecule has 2 aliphatic heterocycles. The van der Waals surface area contributed by atoms with Crippen molar-refractivity contribution in [2.24, 2.45) is 0 Å². The second-order valence-corrected chi connectivity index (χ2v) is 6.99. The Balaban J connectivity index is 1.56. The third-order valence-electron chi connectivity index (χ3n) is 5.20. The average molecular weight is 395 g/mol. The van der Waals surface area contributed by atoms with Crippen LogP contribution < -0.4 is 19.7 Å². The van der Waals surface area contributed by atoms with E-state index in [-0.39, 0.29) is 19.2 Å². The lowest BCUT2D eigenvalue weighted by Gasteiger charge is -2.24. The fourth-order valence-corrected chi connectivity index (χ4v) is 3.58. The Bertz CT molecular complexity index is 978. The Kier molecular flexibility index (Phi) is 4.62. The van der Waals surface area contributed by atoms with Gasteiger partial charge in [0.05, 0.1) is 0 Å². The van der Waals surface area contributed by atoms with Gasteiger partial charge in [0.15, 0.2) is 11.5 Å². The number of benzene rings is 2. The van der Waals surface area contributed by atoms with Crippen molar-refractivity contribution in [3.8, 4) is 11.5 Å². The van der Waals surface area contributed by atoms with Gasteiger partial charge in [0.2, 0.25) is 12.7 Å². The highest BCUT2D eigenvalue weighted by molar-refractivity contribution is 6.10. The van der Waals surface area contributed by atoms with Gasteiger partial charge in [-0.1, -0.05) is 24.3 Å². The highest BCUT2D eigenvalue weighted by Gasteiger charge is 2.50. The largest absolute Gasteiger partial charge is 0.454 e. The predicted octanol–water partition coefficient (Wildman–Crippen LogP) is 2.24. The Morgan fingerprint density at radius 3 is 2.59 bits per heavy atom. The van der Waals surface area contributed by atoms with E-state index in [9.17, 15) is 14.4 Å². The summed E-state index contributed by atoms with van der Waals surface area (Å²) in [5.74, 6) is 0.278. The zero-order valence-corrected chi connectivity index (χ0v) is 16.2. The molecular weight excluding hydrogens is 374 g/mol. The van der Waals surface area contributed by atoms with E-state index in [0.29, 0.717) is 29.3 Å². The summed E-state index contributed by atoms with van der Waals surface area (Å²) in [7, 11) is 0. The van der Waals surface area contributed by atoms with Crippen LogP contribution in [0.1, 0.15) is 19.4 Å². The predicted molar refractivity (Wildman–Crippen MR) is 105 cm³/mol. The number of carbonyl (C=O) groups is 3. The number of nitrogens with one attached hydrogen (secondary N) is 1. The number of amides is 4. The highest BCUT2D eigenvalue weighted by Crippen LogP contribution is 2.37. The van der Waals surface area contributed by atoms with Gasteiger partial charge in [0, 0.05) is 12.2 Å². The van der Waals surface area contributed by atoms with Gasteiger partial charge in [0.25, 0.3) is 5.91 Å². The lowest BCUT2D eigenvalue weighted by Crippen LogP contribution is -2.44. The van der Waals surface area contributed by atoms with Crippen molar-refractivity contribution in [2.45, 2.75) is 19.4 Å². The summed E-state index contributed by atoms with van der Waals surface area (Å²) in [6, 6.07) is 13.6. The number of hydrogen-bond acceptors (Lipinski definition) is 5. The number of imide groups is 1. The fraction of sp³-hybridized carbons (Fsp3) is 0.286. The van der Waals surface area contributed by atoms with Crippen LogP contribution in [0.5, 0.6) is 11.5 Å². The summed E-state index contributed by atoms with van der Waals surface area (Å²) in [5, 5.41) is 2.71. The lowest BCUT2D eigenvalue weighted by atomic mass is 9.91. The number of hydrogen-bond donors (Lipinski definition) is 1. The Hall–Kier alpha value is -3.55. The molecule has 4 amide bonds. The maximum Gasteiger partial charge on any atom is 0.325 e. The fourth-order valence-electron chi connectivity index (χ4n) is 3.58. The first-order valence-corrected chi connectivity index (χ1v) is 9.33. The van der Waals surface area contributed by atoms with Gasteiger partial charge in [0.1, 0.15) is 12.1 Å². The third kappa shape index (κ3) is 3.16. The van der Waals surface area contributed by atoms with Crippen molar-refractivity contribution >= 4 is 23.5 Å². The van der Waals surface area contributed by atoms with Gasteiger partial charge in [-0.3, -0.25) is 14.5 Å². The van der Waals surface area contributed by atoms with Crippen LogP contribution in [0.25, 0.3) is 0 Å². The quantitative estimate of drug-likeness (QED) is 0.785. The molecule has 8 nitrogen and oxygen atoms in total. The molecule has 8 heteroatoms. The minimum absolute atomic E-state index is 0.114. The van der Waals surface area contributed by atoms with Crippen molar-refractivity contribution in [3.05, 3.63) is 54.1 Å². The standard InChI is InChI=1S/C21H21N3O5/c1-3-23(15-7-5-4-6-8-15)18(25)12-24-19(26)21(2,22-20(24)27)14-9-10-16-17(11-14)29-13-28-16/h4-11H,3,12-13H2,1-2H3,(H,22,27)/t21-/m1/s1. The van der Waals surface area contributed by atoms with E-state index < -0.39 is 17.5 Å². The van der Waals surface area contributed by atoms with Crippen LogP contribution in [0.2, 0.25) is 0 Å². The highest BCUT2D eigenvalue weighted by atomic mass is 16.7. The maximum absolute atomic E-state index is 13.1. The molecule has 2 aromatic carbocycles. The van der Waals surface area contributed by atoms with Gasteiger partial charge in [-0.25, -0.2) is 4.79 Å². The first-order chi connectivity index (χ1) is 13.9. The Morgan fingerprint density at radius 2 is 1.86 bits per heavy atom. The van der Waals surface area contributed by atoms with E-state index >= 15 is 0 Å². The molecule has 1 fully saturated rings. The molecule has 0 radical (unpaired) electrons. The van der Waals surface area contributed by atoms with Gasteiger partial charge in [-0.15, -0.1) is 0 Å². The molecular formula is C21H21N3O5.